The van der Waals surface area contributed by atoms with Crippen LogP contribution in [0, 0.1) is 12.3 Å². The number of nitrogens with zero attached hydrogens (tertiary/aromatic N) is 4. The Labute approximate surface area is 173 Å². The number of benzene rings is 1. The third-order valence-electron chi connectivity index (χ3n) is 5.58. The average Bonchev–Trinajstić information content (AvgIpc) is 3.48. The molecule has 1 N–H and O–H groups in total. The molecule has 0 saturated carbocycles. The van der Waals surface area contributed by atoms with E-state index in [0.29, 0.717) is 48.8 Å². The number of nitrogens with one attached hydrogen (secondary N) is 1. The zero-order valence-corrected chi connectivity index (χ0v) is 16.9. The lowest BCUT2D eigenvalue weighted by molar-refractivity contribution is -0.132. The van der Waals surface area contributed by atoms with Gasteiger partial charge in [-0.3, -0.25) is 9.59 Å². The van der Waals surface area contributed by atoms with Crippen molar-refractivity contribution >= 4 is 11.8 Å². The minimum absolute atomic E-state index is 0.0521. The summed E-state index contributed by atoms with van der Waals surface area (Å²) < 4.78 is 10.2. The quantitative estimate of drug-likeness (QED) is 0.663. The molecule has 30 heavy (non-hydrogen) atoms. The number of rotatable bonds is 6. The molecular formula is C21H23N5O4. The second-order valence-electron chi connectivity index (χ2n) is 7.67. The molecule has 1 atom stereocenters. The fourth-order valence-electron chi connectivity index (χ4n) is 3.79. The second-order valence-corrected chi connectivity index (χ2v) is 7.67. The van der Waals surface area contributed by atoms with Gasteiger partial charge in [0.1, 0.15) is 22.8 Å². The van der Waals surface area contributed by atoms with E-state index >= 15 is 0 Å². The van der Waals surface area contributed by atoms with Crippen molar-refractivity contribution < 1.29 is 18.7 Å². The minimum atomic E-state index is -0.801. The van der Waals surface area contributed by atoms with Crippen LogP contribution >= 0.6 is 0 Å². The first-order valence-corrected chi connectivity index (χ1v) is 9.80. The van der Waals surface area contributed by atoms with Gasteiger partial charge < -0.3 is 14.7 Å². The molecule has 4 rings (SSSR count). The summed E-state index contributed by atoms with van der Waals surface area (Å²) in [6.45, 7) is 4.33. The van der Waals surface area contributed by atoms with Gasteiger partial charge in [0, 0.05) is 38.1 Å². The first kappa shape index (κ1) is 19.8. The minimum Gasteiger partial charge on any atom is -0.361 e. The van der Waals surface area contributed by atoms with Crippen LogP contribution in [-0.4, -0.2) is 45.3 Å². The van der Waals surface area contributed by atoms with Crippen LogP contribution in [0.1, 0.15) is 30.5 Å². The van der Waals surface area contributed by atoms with Crippen molar-refractivity contribution in [2.45, 2.75) is 33.2 Å². The molecule has 0 unspecified atom stereocenters. The maximum absolute atomic E-state index is 13.2. The lowest BCUT2D eigenvalue weighted by Gasteiger charge is -2.26. The molecule has 1 aromatic carbocycles. The van der Waals surface area contributed by atoms with Gasteiger partial charge in [0.05, 0.1) is 12.0 Å². The van der Waals surface area contributed by atoms with Crippen LogP contribution in [-0.2, 0) is 22.6 Å². The van der Waals surface area contributed by atoms with Gasteiger partial charge in [0.2, 0.25) is 11.8 Å². The largest absolute Gasteiger partial charge is 0.361 e. The maximum Gasteiger partial charge on any atom is 0.228 e. The van der Waals surface area contributed by atoms with Crippen LogP contribution in [0.5, 0.6) is 0 Å². The zero-order valence-electron chi connectivity index (χ0n) is 16.9. The molecule has 1 saturated heterocycles. The smallest absolute Gasteiger partial charge is 0.228 e. The predicted molar refractivity (Wildman–Crippen MR) is 106 cm³/mol. The Kier molecular flexibility index (Phi) is 5.35. The standard InChI is InChI=1S/C21H23N5O4/c1-14-19(25-30-23-14)12-22-20(28)21(8-9-26(13-21)15(2)27)11-17-10-18(24-29-17)16-6-4-3-5-7-16/h3-7,10H,8-9,11-13H2,1-2H3,(H,22,28)/t21-/m1/s1. The van der Waals surface area contributed by atoms with E-state index in [0.717, 1.165) is 5.56 Å². The van der Waals surface area contributed by atoms with Crippen molar-refractivity contribution in [2.75, 3.05) is 13.1 Å². The molecule has 0 spiro atoms. The SMILES string of the molecule is CC(=O)N1CC[C@](Cc2cc(-c3ccccc3)no2)(C(=O)NCc2nonc2C)C1. The molecule has 9 nitrogen and oxygen atoms in total. The average molecular weight is 409 g/mol. The van der Waals surface area contributed by atoms with Crippen molar-refractivity contribution in [1.29, 1.82) is 0 Å². The van der Waals surface area contributed by atoms with Crippen LogP contribution in [0.4, 0.5) is 0 Å². The lowest BCUT2D eigenvalue weighted by atomic mass is 9.81. The topological polar surface area (TPSA) is 114 Å². The Hall–Kier alpha value is -3.49. The van der Waals surface area contributed by atoms with Crippen molar-refractivity contribution in [2.24, 2.45) is 5.41 Å². The van der Waals surface area contributed by atoms with E-state index in [1.165, 1.54) is 6.92 Å². The monoisotopic (exact) mass is 409 g/mol. The highest BCUT2D eigenvalue weighted by Crippen LogP contribution is 2.36. The third-order valence-corrected chi connectivity index (χ3v) is 5.58. The van der Waals surface area contributed by atoms with Gasteiger partial charge in [-0.15, -0.1) is 0 Å². The second kappa shape index (κ2) is 8.10. The number of carbonyl (C=O) groups is 2. The van der Waals surface area contributed by atoms with Gasteiger partial charge in [-0.1, -0.05) is 45.8 Å². The van der Waals surface area contributed by atoms with Crippen molar-refractivity contribution in [3.05, 3.63) is 53.5 Å². The van der Waals surface area contributed by atoms with E-state index in [9.17, 15) is 9.59 Å². The molecule has 3 heterocycles. The van der Waals surface area contributed by atoms with Crippen LogP contribution in [0.25, 0.3) is 11.3 Å². The van der Waals surface area contributed by atoms with Crippen LogP contribution in [0.3, 0.4) is 0 Å². The summed E-state index contributed by atoms with van der Waals surface area (Å²) in [6.07, 6.45) is 0.883. The molecule has 9 heteroatoms. The van der Waals surface area contributed by atoms with E-state index in [2.05, 4.69) is 25.4 Å². The van der Waals surface area contributed by atoms with Crippen molar-refractivity contribution in [1.82, 2.24) is 25.7 Å². The number of likely N-dealkylation sites (tertiary alicyclic amines) is 1. The summed E-state index contributed by atoms with van der Waals surface area (Å²) in [5.74, 6) is 0.392. The fraction of sp³-hybridized carbons (Fsp3) is 0.381. The summed E-state index contributed by atoms with van der Waals surface area (Å²) >= 11 is 0. The Balaban J connectivity index is 1.54. The Morgan fingerprint density at radius 2 is 2.00 bits per heavy atom. The van der Waals surface area contributed by atoms with Gasteiger partial charge in [-0.05, 0) is 13.3 Å². The summed E-state index contributed by atoms with van der Waals surface area (Å²) in [5, 5.41) is 14.6. The number of aryl methyl sites for hydroxylation is 1. The van der Waals surface area contributed by atoms with Gasteiger partial charge in [0.25, 0.3) is 0 Å². The van der Waals surface area contributed by atoms with E-state index < -0.39 is 5.41 Å². The highest BCUT2D eigenvalue weighted by molar-refractivity contribution is 5.85. The predicted octanol–water partition coefficient (Wildman–Crippen LogP) is 2.13. The van der Waals surface area contributed by atoms with E-state index in [1.807, 2.05) is 36.4 Å². The fourth-order valence-corrected chi connectivity index (χ4v) is 3.79. The maximum atomic E-state index is 13.2. The van der Waals surface area contributed by atoms with Crippen molar-refractivity contribution in [3.63, 3.8) is 0 Å². The molecule has 156 valence electrons. The van der Waals surface area contributed by atoms with Gasteiger partial charge in [0.15, 0.2) is 0 Å². The summed E-state index contributed by atoms with van der Waals surface area (Å²) in [6, 6.07) is 11.6. The molecule has 2 amide bonds. The molecule has 1 aliphatic heterocycles. The van der Waals surface area contributed by atoms with Crippen LogP contribution in [0.2, 0.25) is 0 Å². The number of hydrogen-bond donors (Lipinski definition) is 1. The normalized spacial score (nSPS) is 18.5. The van der Waals surface area contributed by atoms with Crippen molar-refractivity contribution in [3.8, 4) is 11.3 Å². The lowest BCUT2D eigenvalue weighted by Crippen LogP contribution is -2.44. The molecule has 1 fully saturated rings. The summed E-state index contributed by atoms with van der Waals surface area (Å²) in [4.78, 5) is 26.8. The Morgan fingerprint density at radius 3 is 2.67 bits per heavy atom. The highest BCUT2D eigenvalue weighted by atomic mass is 16.6. The first-order valence-electron chi connectivity index (χ1n) is 9.80. The number of aromatic nitrogens is 3. The molecular weight excluding hydrogens is 386 g/mol. The first-order chi connectivity index (χ1) is 14.5. The molecule has 0 aliphatic carbocycles. The molecule has 3 aromatic rings. The van der Waals surface area contributed by atoms with Crippen LogP contribution in [0.15, 0.2) is 45.6 Å². The van der Waals surface area contributed by atoms with Crippen LogP contribution < -0.4 is 5.32 Å². The number of amides is 2. The number of hydrogen-bond acceptors (Lipinski definition) is 7. The number of carbonyl (C=O) groups excluding carboxylic acids is 2. The van der Waals surface area contributed by atoms with Gasteiger partial charge >= 0.3 is 0 Å². The Morgan fingerprint density at radius 1 is 1.20 bits per heavy atom. The third kappa shape index (κ3) is 3.96. The van der Waals surface area contributed by atoms with E-state index in [1.54, 1.807) is 11.8 Å². The summed E-state index contributed by atoms with van der Waals surface area (Å²) in [7, 11) is 0. The Bertz CT molecular complexity index is 1040. The molecule has 0 bridgehead atoms. The molecule has 2 aromatic heterocycles. The summed E-state index contributed by atoms with van der Waals surface area (Å²) in [5.41, 5.74) is 2.06. The van der Waals surface area contributed by atoms with E-state index in [4.69, 9.17) is 4.52 Å². The molecule has 0 radical (unpaired) electrons. The van der Waals surface area contributed by atoms with Gasteiger partial charge in [-0.25, -0.2) is 4.63 Å². The molecule has 1 aliphatic rings. The van der Waals surface area contributed by atoms with E-state index in [-0.39, 0.29) is 18.4 Å². The highest BCUT2D eigenvalue weighted by Gasteiger charge is 2.46. The van der Waals surface area contributed by atoms with Gasteiger partial charge in [-0.2, -0.15) is 0 Å². The zero-order chi connectivity index (χ0) is 21.1.